The van der Waals surface area contributed by atoms with Crippen molar-refractivity contribution in [2.75, 3.05) is 99.1 Å². The first-order valence-corrected chi connectivity index (χ1v) is 14.4. The lowest BCUT2D eigenvalue weighted by Gasteiger charge is -2.36. The summed E-state index contributed by atoms with van der Waals surface area (Å²) in [5, 5.41) is 0.230. The van der Waals surface area contributed by atoms with Gasteiger partial charge in [-0.25, -0.2) is 0 Å². The third kappa shape index (κ3) is 20.2. The van der Waals surface area contributed by atoms with Crippen LogP contribution < -0.4 is 0 Å². The van der Waals surface area contributed by atoms with E-state index < -0.39 is 8.32 Å². The zero-order valence-electron chi connectivity index (χ0n) is 20.9. The van der Waals surface area contributed by atoms with E-state index in [0.717, 1.165) is 6.61 Å². The van der Waals surface area contributed by atoms with Crippen molar-refractivity contribution in [1.29, 1.82) is 0 Å². The van der Waals surface area contributed by atoms with E-state index >= 15 is 0 Å². The number of ether oxygens (including phenoxy) is 7. The van der Waals surface area contributed by atoms with Gasteiger partial charge >= 0.3 is 0 Å². The summed E-state index contributed by atoms with van der Waals surface area (Å²) in [5.74, 6) is 0. The first-order valence-electron chi connectivity index (χ1n) is 11.5. The molecule has 0 aromatic rings. The lowest BCUT2D eigenvalue weighted by molar-refractivity contribution is -0.0210. The Bertz CT molecular complexity index is 377. The molecule has 0 fully saturated rings. The van der Waals surface area contributed by atoms with Crippen molar-refractivity contribution in [2.45, 2.75) is 45.8 Å². The third-order valence-electron chi connectivity index (χ3n) is 4.93. The molecule has 0 N–H and O–H groups in total. The molecule has 0 amide bonds. The maximum absolute atomic E-state index is 6.06. The van der Waals surface area contributed by atoms with Gasteiger partial charge < -0.3 is 37.6 Å². The summed E-state index contributed by atoms with van der Waals surface area (Å²) < 4.78 is 43.9. The van der Waals surface area contributed by atoms with Crippen LogP contribution in [0.1, 0.15) is 27.7 Å². The zero-order valence-corrected chi connectivity index (χ0v) is 21.9. The van der Waals surface area contributed by atoms with Gasteiger partial charge in [-0.15, -0.1) is 0 Å². The molecular formula is C22H48O8Si. The standard InChI is InChI=1S/C22H48O8Si/c1-7-23-8-9-24-10-11-25-12-13-26-14-15-27-16-17-28-18-19-29-20-21-30-31(5,6)22(2,3)4/h7-21H2,1-6H3. The lowest BCUT2D eigenvalue weighted by atomic mass is 10.2. The molecule has 0 aliphatic carbocycles. The quantitative estimate of drug-likeness (QED) is 0.167. The van der Waals surface area contributed by atoms with E-state index in [1.807, 2.05) is 6.92 Å². The second-order valence-electron chi connectivity index (χ2n) is 8.48. The summed E-state index contributed by atoms with van der Waals surface area (Å²) in [6.45, 7) is 22.0. The molecule has 0 aliphatic heterocycles. The molecule has 8 nitrogen and oxygen atoms in total. The highest BCUT2D eigenvalue weighted by atomic mass is 28.4. The van der Waals surface area contributed by atoms with Crippen molar-refractivity contribution in [2.24, 2.45) is 0 Å². The van der Waals surface area contributed by atoms with Gasteiger partial charge in [0.15, 0.2) is 8.32 Å². The smallest absolute Gasteiger partial charge is 0.192 e. The van der Waals surface area contributed by atoms with Gasteiger partial charge in [-0.2, -0.15) is 0 Å². The molecule has 0 radical (unpaired) electrons. The maximum Gasteiger partial charge on any atom is 0.192 e. The maximum atomic E-state index is 6.06. The van der Waals surface area contributed by atoms with Crippen molar-refractivity contribution in [3.8, 4) is 0 Å². The van der Waals surface area contributed by atoms with E-state index in [4.69, 9.17) is 37.6 Å². The number of hydrogen-bond donors (Lipinski definition) is 0. The van der Waals surface area contributed by atoms with Crippen LogP contribution in [0.15, 0.2) is 0 Å². The first-order chi connectivity index (χ1) is 14.8. The third-order valence-corrected chi connectivity index (χ3v) is 9.47. The van der Waals surface area contributed by atoms with Gasteiger partial charge in [0.1, 0.15) is 0 Å². The van der Waals surface area contributed by atoms with Crippen molar-refractivity contribution in [3.05, 3.63) is 0 Å². The zero-order chi connectivity index (χ0) is 23.3. The van der Waals surface area contributed by atoms with E-state index in [0.29, 0.717) is 92.5 Å². The molecule has 31 heavy (non-hydrogen) atoms. The Balaban J connectivity index is 3.16. The van der Waals surface area contributed by atoms with Gasteiger partial charge in [-0.1, -0.05) is 20.8 Å². The van der Waals surface area contributed by atoms with Gasteiger partial charge in [-0.05, 0) is 25.1 Å². The van der Waals surface area contributed by atoms with Crippen molar-refractivity contribution >= 4 is 8.32 Å². The average Bonchev–Trinajstić information content (AvgIpc) is 2.71. The van der Waals surface area contributed by atoms with Crippen molar-refractivity contribution in [3.63, 3.8) is 0 Å². The Labute approximate surface area is 191 Å². The molecular weight excluding hydrogens is 420 g/mol. The molecule has 9 heteroatoms. The molecule has 0 aromatic carbocycles. The topological polar surface area (TPSA) is 73.8 Å². The van der Waals surface area contributed by atoms with Gasteiger partial charge in [-0.3, -0.25) is 0 Å². The van der Waals surface area contributed by atoms with Crippen LogP contribution in [0, 0.1) is 0 Å². The monoisotopic (exact) mass is 468 g/mol. The van der Waals surface area contributed by atoms with Crippen molar-refractivity contribution < 1.29 is 37.6 Å². The molecule has 0 atom stereocenters. The molecule has 0 saturated carbocycles. The van der Waals surface area contributed by atoms with Gasteiger partial charge in [0.05, 0.1) is 92.5 Å². The number of hydrogen-bond acceptors (Lipinski definition) is 8. The van der Waals surface area contributed by atoms with Gasteiger partial charge in [0.25, 0.3) is 0 Å². The second kappa shape index (κ2) is 20.5. The minimum absolute atomic E-state index is 0.230. The van der Waals surface area contributed by atoms with Crippen LogP contribution >= 0.6 is 0 Å². The highest BCUT2D eigenvalue weighted by Gasteiger charge is 2.36. The molecule has 0 spiro atoms. The predicted molar refractivity (Wildman–Crippen MR) is 125 cm³/mol. The van der Waals surface area contributed by atoms with Gasteiger partial charge in [0, 0.05) is 6.61 Å². The summed E-state index contributed by atoms with van der Waals surface area (Å²) >= 11 is 0. The molecule has 0 saturated heterocycles. The molecule has 0 heterocycles. The lowest BCUT2D eigenvalue weighted by Crippen LogP contribution is -2.41. The first kappa shape index (κ1) is 30.9. The minimum atomic E-state index is -1.67. The van der Waals surface area contributed by atoms with Crippen LogP contribution in [0.2, 0.25) is 18.1 Å². The fourth-order valence-electron chi connectivity index (χ4n) is 2.04. The molecule has 0 aromatic heterocycles. The minimum Gasteiger partial charge on any atom is -0.414 e. The van der Waals surface area contributed by atoms with Crippen LogP contribution in [-0.4, -0.2) is 107 Å². The molecule has 0 bridgehead atoms. The molecule has 0 unspecified atom stereocenters. The highest BCUT2D eigenvalue weighted by molar-refractivity contribution is 6.74. The van der Waals surface area contributed by atoms with E-state index in [2.05, 4.69) is 33.9 Å². The summed E-state index contributed by atoms with van der Waals surface area (Å²) in [4.78, 5) is 0. The fraction of sp³-hybridized carbons (Fsp3) is 1.00. The summed E-state index contributed by atoms with van der Waals surface area (Å²) in [7, 11) is -1.67. The van der Waals surface area contributed by atoms with Gasteiger partial charge in [0.2, 0.25) is 0 Å². The Morgan fingerprint density at radius 1 is 0.452 bits per heavy atom. The molecule has 0 aliphatic rings. The number of rotatable bonds is 23. The normalized spacial score (nSPS) is 12.6. The van der Waals surface area contributed by atoms with E-state index in [9.17, 15) is 0 Å². The Hall–Kier alpha value is -0.103. The van der Waals surface area contributed by atoms with Crippen LogP contribution in [0.25, 0.3) is 0 Å². The Morgan fingerprint density at radius 2 is 0.710 bits per heavy atom. The van der Waals surface area contributed by atoms with Crippen LogP contribution in [0.3, 0.4) is 0 Å². The van der Waals surface area contributed by atoms with Crippen LogP contribution in [0.5, 0.6) is 0 Å². The van der Waals surface area contributed by atoms with E-state index in [-0.39, 0.29) is 5.04 Å². The van der Waals surface area contributed by atoms with Crippen LogP contribution in [-0.2, 0) is 37.6 Å². The van der Waals surface area contributed by atoms with E-state index in [1.165, 1.54) is 0 Å². The molecule has 188 valence electrons. The summed E-state index contributed by atoms with van der Waals surface area (Å²) in [5.41, 5.74) is 0. The fourth-order valence-corrected chi connectivity index (χ4v) is 3.06. The summed E-state index contributed by atoms with van der Waals surface area (Å²) in [6.07, 6.45) is 0. The summed E-state index contributed by atoms with van der Waals surface area (Å²) in [6, 6.07) is 0. The van der Waals surface area contributed by atoms with Crippen LogP contribution in [0.4, 0.5) is 0 Å². The Morgan fingerprint density at radius 3 is 0.968 bits per heavy atom. The van der Waals surface area contributed by atoms with E-state index in [1.54, 1.807) is 0 Å². The highest BCUT2D eigenvalue weighted by Crippen LogP contribution is 2.36. The predicted octanol–water partition coefficient (Wildman–Crippen LogP) is 3.14. The molecule has 0 rings (SSSR count). The second-order valence-corrected chi connectivity index (χ2v) is 13.3. The van der Waals surface area contributed by atoms with Crippen molar-refractivity contribution in [1.82, 2.24) is 0 Å². The SMILES string of the molecule is CCOCCOCCOCCOCCOCCOCCOCCO[Si](C)(C)C(C)(C)C. The Kier molecular flexibility index (Phi) is 20.4. The largest absolute Gasteiger partial charge is 0.414 e. The average molecular weight is 469 g/mol.